The SMILES string of the molecule is Cn1c(-c2cn[nH]c2)cc2cnc(NC(=O)C3CC3)cc21. The maximum absolute atomic E-state index is 11.8. The highest BCUT2D eigenvalue weighted by Gasteiger charge is 2.29. The highest BCUT2D eigenvalue weighted by molar-refractivity contribution is 5.95. The zero-order valence-corrected chi connectivity index (χ0v) is 11.6. The van der Waals surface area contributed by atoms with Gasteiger partial charge in [0.25, 0.3) is 0 Å². The molecule has 0 aromatic carbocycles. The fraction of sp³-hybridized carbons (Fsp3) is 0.267. The van der Waals surface area contributed by atoms with E-state index < -0.39 is 0 Å². The molecule has 0 radical (unpaired) electrons. The van der Waals surface area contributed by atoms with E-state index in [1.807, 2.05) is 19.3 Å². The highest BCUT2D eigenvalue weighted by Crippen LogP contribution is 2.31. The Hall–Kier alpha value is -2.63. The Labute approximate surface area is 121 Å². The molecule has 1 aliphatic rings. The molecule has 3 aromatic heterocycles. The van der Waals surface area contributed by atoms with Crippen LogP contribution in [0.5, 0.6) is 0 Å². The van der Waals surface area contributed by atoms with Gasteiger partial charge in [-0.25, -0.2) is 4.98 Å². The summed E-state index contributed by atoms with van der Waals surface area (Å²) in [5.74, 6) is 0.864. The molecular weight excluding hydrogens is 266 g/mol. The van der Waals surface area contributed by atoms with Gasteiger partial charge in [0, 0.05) is 42.4 Å². The number of rotatable bonds is 3. The molecule has 0 spiro atoms. The number of hydrogen-bond acceptors (Lipinski definition) is 3. The molecule has 0 bridgehead atoms. The van der Waals surface area contributed by atoms with Gasteiger partial charge in [-0.1, -0.05) is 0 Å². The van der Waals surface area contributed by atoms with E-state index in [0.29, 0.717) is 5.82 Å². The topological polar surface area (TPSA) is 75.6 Å². The Bertz CT molecular complexity index is 814. The fourth-order valence-corrected chi connectivity index (χ4v) is 2.54. The van der Waals surface area contributed by atoms with Gasteiger partial charge >= 0.3 is 0 Å². The Kier molecular flexibility index (Phi) is 2.57. The summed E-state index contributed by atoms with van der Waals surface area (Å²) in [6.45, 7) is 0. The molecule has 2 N–H and O–H groups in total. The van der Waals surface area contributed by atoms with E-state index in [0.717, 1.165) is 35.0 Å². The predicted octanol–water partition coefficient (Wildman–Crippen LogP) is 2.31. The zero-order valence-electron chi connectivity index (χ0n) is 11.6. The minimum atomic E-state index is 0.0751. The smallest absolute Gasteiger partial charge is 0.228 e. The van der Waals surface area contributed by atoms with Crippen molar-refractivity contribution in [1.82, 2.24) is 19.7 Å². The van der Waals surface area contributed by atoms with Crippen LogP contribution < -0.4 is 5.32 Å². The quantitative estimate of drug-likeness (QED) is 0.773. The van der Waals surface area contributed by atoms with Crippen molar-refractivity contribution in [2.45, 2.75) is 12.8 Å². The van der Waals surface area contributed by atoms with E-state index in [4.69, 9.17) is 0 Å². The van der Waals surface area contributed by atoms with E-state index in [2.05, 4.69) is 31.1 Å². The van der Waals surface area contributed by atoms with E-state index in [9.17, 15) is 4.79 Å². The van der Waals surface area contributed by atoms with Gasteiger partial charge in [-0.3, -0.25) is 9.89 Å². The second kappa shape index (κ2) is 4.44. The van der Waals surface area contributed by atoms with Crippen LogP contribution in [0.2, 0.25) is 0 Å². The molecule has 1 aliphatic carbocycles. The maximum Gasteiger partial charge on any atom is 0.228 e. The number of aryl methyl sites for hydroxylation is 1. The largest absolute Gasteiger partial charge is 0.343 e. The van der Waals surface area contributed by atoms with Crippen LogP contribution in [-0.2, 0) is 11.8 Å². The van der Waals surface area contributed by atoms with Crippen LogP contribution in [0.15, 0.2) is 30.7 Å². The molecule has 1 fully saturated rings. The summed E-state index contributed by atoms with van der Waals surface area (Å²) in [6, 6.07) is 3.98. The lowest BCUT2D eigenvalue weighted by molar-refractivity contribution is -0.117. The Morgan fingerprint density at radius 3 is 2.95 bits per heavy atom. The average Bonchev–Trinajstić information content (AvgIpc) is 3.11. The summed E-state index contributed by atoms with van der Waals surface area (Å²) in [5.41, 5.74) is 3.12. The lowest BCUT2D eigenvalue weighted by atomic mass is 10.2. The van der Waals surface area contributed by atoms with Crippen LogP contribution in [0.3, 0.4) is 0 Å². The number of nitrogens with one attached hydrogen (secondary N) is 2. The van der Waals surface area contributed by atoms with Crippen LogP contribution >= 0.6 is 0 Å². The van der Waals surface area contributed by atoms with Gasteiger partial charge in [0.1, 0.15) is 5.82 Å². The monoisotopic (exact) mass is 281 g/mol. The molecule has 0 atom stereocenters. The van der Waals surface area contributed by atoms with Gasteiger partial charge in [0.05, 0.1) is 17.4 Å². The number of pyridine rings is 1. The third-order valence-electron chi connectivity index (χ3n) is 3.92. The lowest BCUT2D eigenvalue weighted by Gasteiger charge is -2.05. The summed E-state index contributed by atoms with van der Waals surface area (Å²) in [4.78, 5) is 16.1. The van der Waals surface area contributed by atoms with Crippen LogP contribution in [0.25, 0.3) is 22.2 Å². The second-order valence-corrected chi connectivity index (χ2v) is 5.47. The minimum absolute atomic E-state index is 0.0751. The van der Waals surface area contributed by atoms with Gasteiger partial charge in [-0.15, -0.1) is 0 Å². The lowest BCUT2D eigenvalue weighted by Crippen LogP contribution is -2.14. The van der Waals surface area contributed by atoms with Crippen molar-refractivity contribution >= 4 is 22.6 Å². The predicted molar refractivity (Wildman–Crippen MR) is 79.6 cm³/mol. The molecule has 6 nitrogen and oxygen atoms in total. The number of fused-ring (bicyclic) bond motifs is 1. The minimum Gasteiger partial charge on any atom is -0.343 e. The molecule has 1 amide bonds. The number of carbonyl (C=O) groups excluding carboxylic acids is 1. The first-order chi connectivity index (χ1) is 10.2. The molecular formula is C15H15N5O. The Morgan fingerprint density at radius 2 is 2.24 bits per heavy atom. The van der Waals surface area contributed by atoms with Crippen LogP contribution in [0, 0.1) is 5.92 Å². The molecule has 106 valence electrons. The summed E-state index contributed by atoms with van der Waals surface area (Å²) in [5, 5.41) is 10.7. The summed E-state index contributed by atoms with van der Waals surface area (Å²) in [6.07, 6.45) is 7.42. The normalized spacial score (nSPS) is 14.5. The summed E-state index contributed by atoms with van der Waals surface area (Å²) >= 11 is 0. The van der Waals surface area contributed by atoms with Crippen molar-refractivity contribution in [3.05, 3.63) is 30.7 Å². The van der Waals surface area contributed by atoms with Crippen LogP contribution in [0.4, 0.5) is 5.82 Å². The number of amides is 1. The van der Waals surface area contributed by atoms with Gasteiger partial charge in [0.2, 0.25) is 5.91 Å². The van der Waals surface area contributed by atoms with E-state index in [1.54, 1.807) is 12.4 Å². The Morgan fingerprint density at radius 1 is 1.38 bits per heavy atom. The Balaban J connectivity index is 1.73. The van der Waals surface area contributed by atoms with Crippen molar-refractivity contribution in [2.24, 2.45) is 13.0 Å². The number of nitrogens with zero attached hydrogens (tertiary/aromatic N) is 3. The number of aromatic nitrogens is 4. The zero-order chi connectivity index (χ0) is 14.4. The first kappa shape index (κ1) is 12.1. The maximum atomic E-state index is 11.8. The third-order valence-corrected chi connectivity index (χ3v) is 3.92. The summed E-state index contributed by atoms with van der Waals surface area (Å²) < 4.78 is 2.08. The van der Waals surface area contributed by atoms with Gasteiger partial charge in [0.15, 0.2) is 0 Å². The number of anilines is 1. The fourth-order valence-electron chi connectivity index (χ4n) is 2.54. The molecule has 3 aromatic rings. The van der Waals surface area contributed by atoms with Gasteiger partial charge < -0.3 is 9.88 Å². The van der Waals surface area contributed by atoms with Crippen molar-refractivity contribution in [3.8, 4) is 11.3 Å². The van der Waals surface area contributed by atoms with Gasteiger partial charge in [-0.2, -0.15) is 5.10 Å². The van der Waals surface area contributed by atoms with Crippen molar-refractivity contribution in [3.63, 3.8) is 0 Å². The van der Waals surface area contributed by atoms with E-state index >= 15 is 0 Å². The van der Waals surface area contributed by atoms with Crippen LogP contribution in [-0.4, -0.2) is 25.7 Å². The van der Waals surface area contributed by atoms with Crippen molar-refractivity contribution in [2.75, 3.05) is 5.32 Å². The molecule has 21 heavy (non-hydrogen) atoms. The van der Waals surface area contributed by atoms with Crippen LogP contribution in [0.1, 0.15) is 12.8 Å². The molecule has 1 saturated carbocycles. The molecule has 3 heterocycles. The first-order valence-corrected chi connectivity index (χ1v) is 6.98. The second-order valence-electron chi connectivity index (χ2n) is 5.47. The van der Waals surface area contributed by atoms with E-state index in [1.165, 1.54) is 0 Å². The van der Waals surface area contributed by atoms with Crippen molar-refractivity contribution < 1.29 is 4.79 Å². The standard InChI is InChI=1S/C15H15N5O/c1-20-12(11-7-17-18-8-11)4-10-6-16-14(5-13(10)20)19-15(21)9-2-3-9/h4-9H,2-3H2,1H3,(H,17,18)(H,16,19,21). The third kappa shape index (κ3) is 2.08. The molecule has 0 unspecified atom stereocenters. The highest BCUT2D eigenvalue weighted by atomic mass is 16.2. The number of H-pyrrole nitrogens is 1. The molecule has 4 rings (SSSR count). The van der Waals surface area contributed by atoms with E-state index in [-0.39, 0.29) is 11.8 Å². The summed E-state index contributed by atoms with van der Waals surface area (Å²) in [7, 11) is 2.00. The number of aromatic amines is 1. The van der Waals surface area contributed by atoms with Gasteiger partial charge in [-0.05, 0) is 18.9 Å². The molecule has 6 heteroatoms. The number of hydrogen-bond donors (Lipinski definition) is 2. The van der Waals surface area contributed by atoms with Crippen molar-refractivity contribution in [1.29, 1.82) is 0 Å². The molecule has 0 saturated heterocycles. The molecule has 0 aliphatic heterocycles. The average molecular weight is 281 g/mol. The first-order valence-electron chi connectivity index (χ1n) is 6.98. The number of carbonyl (C=O) groups is 1.